The maximum absolute atomic E-state index is 5.89. The standard InChI is InChI=1S/C15H30N4O/c1-7-16-13(10-20-15(4,5)6)8-14-17-11-18-19(14)9-12(2)3/h11-13,16H,7-10H2,1-6H3. The Morgan fingerprint density at radius 2 is 2.05 bits per heavy atom. The van der Waals surface area contributed by atoms with Crippen LogP contribution in [0, 0.1) is 5.92 Å². The average molecular weight is 282 g/mol. The maximum atomic E-state index is 5.89. The molecule has 0 radical (unpaired) electrons. The summed E-state index contributed by atoms with van der Waals surface area (Å²) in [5.74, 6) is 1.60. The van der Waals surface area contributed by atoms with Crippen LogP contribution in [0.3, 0.4) is 0 Å². The molecule has 0 saturated carbocycles. The summed E-state index contributed by atoms with van der Waals surface area (Å²) in [6, 6.07) is 0.273. The van der Waals surface area contributed by atoms with Crippen LogP contribution in [-0.4, -0.2) is 39.6 Å². The van der Waals surface area contributed by atoms with Gasteiger partial charge in [-0.3, -0.25) is 0 Å². The molecule has 116 valence electrons. The third kappa shape index (κ3) is 6.48. The SMILES string of the molecule is CCNC(COC(C)(C)C)Cc1ncnn1CC(C)C. The molecule has 20 heavy (non-hydrogen) atoms. The van der Waals surface area contributed by atoms with Gasteiger partial charge in [-0.05, 0) is 33.2 Å². The Bertz CT molecular complexity index is 381. The Morgan fingerprint density at radius 1 is 1.35 bits per heavy atom. The highest BCUT2D eigenvalue weighted by molar-refractivity contribution is 4.90. The van der Waals surface area contributed by atoms with Gasteiger partial charge in [-0.1, -0.05) is 20.8 Å². The van der Waals surface area contributed by atoms with E-state index in [1.165, 1.54) is 0 Å². The number of nitrogens with one attached hydrogen (secondary N) is 1. The van der Waals surface area contributed by atoms with Gasteiger partial charge in [-0.25, -0.2) is 9.67 Å². The molecule has 5 heteroatoms. The fraction of sp³-hybridized carbons (Fsp3) is 0.867. The zero-order valence-corrected chi connectivity index (χ0v) is 13.8. The van der Waals surface area contributed by atoms with E-state index in [0.29, 0.717) is 12.5 Å². The molecule has 1 rings (SSSR count). The van der Waals surface area contributed by atoms with Crippen molar-refractivity contribution in [2.75, 3.05) is 13.2 Å². The molecular formula is C15H30N4O. The number of hydrogen-bond acceptors (Lipinski definition) is 4. The van der Waals surface area contributed by atoms with Crippen molar-refractivity contribution in [1.29, 1.82) is 0 Å². The van der Waals surface area contributed by atoms with E-state index in [-0.39, 0.29) is 11.6 Å². The van der Waals surface area contributed by atoms with Gasteiger partial charge in [0.2, 0.25) is 0 Å². The fourth-order valence-corrected chi connectivity index (χ4v) is 1.99. The molecule has 1 heterocycles. The van der Waals surface area contributed by atoms with Crippen molar-refractivity contribution < 1.29 is 4.74 Å². The van der Waals surface area contributed by atoms with E-state index in [1.54, 1.807) is 6.33 Å². The Kier molecular flexibility index (Phi) is 6.62. The lowest BCUT2D eigenvalue weighted by Crippen LogP contribution is -2.39. The van der Waals surface area contributed by atoms with Crippen molar-refractivity contribution in [2.24, 2.45) is 5.92 Å². The monoisotopic (exact) mass is 282 g/mol. The molecule has 5 nitrogen and oxygen atoms in total. The van der Waals surface area contributed by atoms with Crippen LogP contribution in [0.15, 0.2) is 6.33 Å². The Balaban J connectivity index is 2.63. The Morgan fingerprint density at radius 3 is 2.60 bits per heavy atom. The molecule has 0 bridgehead atoms. The summed E-state index contributed by atoms with van der Waals surface area (Å²) in [6.45, 7) is 15.3. The molecule has 1 aromatic heterocycles. The summed E-state index contributed by atoms with van der Waals surface area (Å²) in [7, 11) is 0. The highest BCUT2D eigenvalue weighted by Crippen LogP contribution is 2.10. The van der Waals surface area contributed by atoms with Crippen molar-refractivity contribution >= 4 is 0 Å². The summed E-state index contributed by atoms with van der Waals surface area (Å²) in [5, 5.41) is 7.78. The van der Waals surface area contributed by atoms with Crippen molar-refractivity contribution in [3.05, 3.63) is 12.2 Å². The van der Waals surface area contributed by atoms with E-state index < -0.39 is 0 Å². The summed E-state index contributed by atoms with van der Waals surface area (Å²) >= 11 is 0. The normalized spacial score (nSPS) is 13.9. The van der Waals surface area contributed by atoms with Crippen LogP contribution in [0.4, 0.5) is 0 Å². The highest BCUT2D eigenvalue weighted by Gasteiger charge is 2.17. The van der Waals surface area contributed by atoms with Gasteiger partial charge in [0.25, 0.3) is 0 Å². The van der Waals surface area contributed by atoms with E-state index in [1.807, 2.05) is 4.68 Å². The van der Waals surface area contributed by atoms with Gasteiger partial charge < -0.3 is 10.1 Å². The van der Waals surface area contributed by atoms with Crippen LogP contribution in [0.25, 0.3) is 0 Å². The van der Waals surface area contributed by atoms with Crippen LogP contribution >= 0.6 is 0 Å². The number of aromatic nitrogens is 3. The first-order chi connectivity index (χ1) is 9.31. The van der Waals surface area contributed by atoms with E-state index >= 15 is 0 Å². The van der Waals surface area contributed by atoms with E-state index in [0.717, 1.165) is 25.3 Å². The molecule has 0 spiro atoms. The molecule has 0 aliphatic carbocycles. The molecule has 1 aromatic rings. The van der Waals surface area contributed by atoms with Gasteiger partial charge in [0.05, 0.1) is 12.2 Å². The lowest BCUT2D eigenvalue weighted by molar-refractivity contribution is -0.0145. The van der Waals surface area contributed by atoms with Gasteiger partial charge in [-0.15, -0.1) is 0 Å². The first-order valence-corrected chi connectivity index (χ1v) is 7.55. The van der Waals surface area contributed by atoms with Crippen molar-refractivity contribution in [3.63, 3.8) is 0 Å². The van der Waals surface area contributed by atoms with Crippen molar-refractivity contribution in [3.8, 4) is 0 Å². The summed E-state index contributed by atoms with van der Waals surface area (Å²) < 4.78 is 7.90. The zero-order valence-electron chi connectivity index (χ0n) is 13.8. The van der Waals surface area contributed by atoms with E-state index in [9.17, 15) is 0 Å². The molecule has 0 fully saturated rings. The van der Waals surface area contributed by atoms with Crippen LogP contribution in [0.2, 0.25) is 0 Å². The molecular weight excluding hydrogens is 252 g/mol. The van der Waals surface area contributed by atoms with Crippen molar-refractivity contribution in [1.82, 2.24) is 20.1 Å². The smallest absolute Gasteiger partial charge is 0.138 e. The Hall–Kier alpha value is -0.940. The number of ether oxygens (including phenoxy) is 1. The third-order valence-electron chi connectivity index (χ3n) is 2.87. The second kappa shape index (κ2) is 7.74. The summed E-state index contributed by atoms with van der Waals surface area (Å²) in [5.41, 5.74) is -0.112. The van der Waals surface area contributed by atoms with E-state index in [4.69, 9.17) is 4.74 Å². The number of rotatable bonds is 8. The number of hydrogen-bond donors (Lipinski definition) is 1. The molecule has 0 amide bonds. The van der Waals surface area contributed by atoms with Crippen LogP contribution in [-0.2, 0) is 17.7 Å². The molecule has 0 aromatic carbocycles. The average Bonchev–Trinajstić information content (AvgIpc) is 2.72. The van der Waals surface area contributed by atoms with Gasteiger partial charge in [0.1, 0.15) is 12.2 Å². The second-order valence-electron chi connectivity index (χ2n) is 6.63. The predicted octanol–water partition coefficient (Wildman–Crippen LogP) is 2.27. The minimum absolute atomic E-state index is 0.112. The quantitative estimate of drug-likeness (QED) is 0.794. The minimum atomic E-state index is -0.112. The Labute approximate surface area is 123 Å². The maximum Gasteiger partial charge on any atom is 0.138 e. The zero-order chi connectivity index (χ0) is 15.2. The molecule has 0 aliphatic heterocycles. The van der Waals surface area contributed by atoms with Gasteiger partial charge in [0.15, 0.2) is 0 Å². The van der Waals surface area contributed by atoms with Gasteiger partial charge >= 0.3 is 0 Å². The number of likely N-dealkylation sites (N-methyl/N-ethyl adjacent to an activating group) is 1. The predicted molar refractivity (Wildman–Crippen MR) is 81.7 cm³/mol. The lowest BCUT2D eigenvalue weighted by Gasteiger charge is -2.25. The molecule has 0 aliphatic rings. The first-order valence-electron chi connectivity index (χ1n) is 7.55. The molecule has 1 unspecified atom stereocenters. The largest absolute Gasteiger partial charge is 0.374 e. The second-order valence-corrected chi connectivity index (χ2v) is 6.63. The fourth-order valence-electron chi connectivity index (χ4n) is 1.99. The molecule has 0 saturated heterocycles. The van der Waals surface area contributed by atoms with Crippen LogP contribution in [0.1, 0.15) is 47.4 Å². The van der Waals surface area contributed by atoms with Gasteiger partial charge in [-0.2, -0.15) is 5.10 Å². The first kappa shape index (κ1) is 17.1. The van der Waals surface area contributed by atoms with Gasteiger partial charge in [0, 0.05) is 19.0 Å². The summed E-state index contributed by atoms with van der Waals surface area (Å²) in [6.07, 6.45) is 2.49. The topological polar surface area (TPSA) is 52.0 Å². The third-order valence-corrected chi connectivity index (χ3v) is 2.87. The van der Waals surface area contributed by atoms with Crippen LogP contribution < -0.4 is 5.32 Å². The number of nitrogens with zero attached hydrogens (tertiary/aromatic N) is 3. The van der Waals surface area contributed by atoms with Crippen LogP contribution in [0.5, 0.6) is 0 Å². The molecule has 1 N–H and O–H groups in total. The minimum Gasteiger partial charge on any atom is -0.374 e. The summed E-state index contributed by atoms with van der Waals surface area (Å²) in [4.78, 5) is 4.39. The lowest BCUT2D eigenvalue weighted by atomic mass is 10.1. The van der Waals surface area contributed by atoms with Crippen molar-refractivity contribution in [2.45, 2.75) is 66.2 Å². The highest BCUT2D eigenvalue weighted by atomic mass is 16.5. The molecule has 1 atom stereocenters. The van der Waals surface area contributed by atoms with E-state index in [2.05, 4.69) is 56.9 Å².